The Morgan fingerprint density at radius 3 is 2.94 bits per heavy atom. The molecule has 32 heavy (non-hydrogen) atoms. The zero-order valence-corrected chi connectivity index (χ0v) is 18.7. The molecule has 0 spiro atoms. The Balaban J connectivity index is 1.27. The summed E-state index contributed by atoms with van der Waals surface area (Å²) in [6.07, 6.45) is 5.61. The first-order chi connectivity index (χ1) is 15.5. The molecule has 1 aromatic carbocycles. The molecule has 1 N–H and O–H groups in total. The molecule has 2 heterocycles. The average Bonchev–Trinajstić information content (AvgIpc) is 3.20. The van der Waals surface area contributed by atoms with Crippen molar-refractivity contribution in [3.05, 3.63) is 57.0 Å². The Bertz CT molecular complexity index is 1200. The van der Waals surface area contributed by atoms with Gasteiger partial charge in [0, 0.05) is 18.0 Å². The molecule has 0 saturated carbocycles. The van der Waals surface area contributed by atoms with Crippen molar-refractivity contribution in [2.24, 2.45) is 0 Å². The van der Waals surface area contributed by atoms with Crippen molar-refractivity contribution in [2.45, 2.75) is 45.2 Å². The average molecular weight is 456 g/mol. The first kappa shape index (κ1) is 22.0. The number of nitrogens with one attached hydrogen (secondary N) is 1. The van der Waals surface area contributed by atoms with E-state index in [9.17, 15) is 14.4 Å². The van der Waals surface area contributed by atoms with Crippen LogP contribution < -0.4 is 15.6 Å². The summed E-state index contributed by atoms with van der Waals surface area (Å²) in [7, 11) is 1.58. The summed E-state index contributed by atoms with van der Waals surface area (Å²) >= 11 is 1.60. The second-order valence-electron chi connectivity index (χ2n) is 7.67. The van der Waals surface area contributed by atoms with Gasteiger partial charge in [-0.2, -0.15) is 0 Å². The van der Waals surface area contributed by atoms with Crippen molar-refractivity contribution in [2.75, 3.05) is 13.7 Å². The monoisotopic (exact) mass is 455 g/mol. The number of aromatic nitrogens is 2. The lowest BCUT2D eigenvalue weighted by Gasteiger charge is -2.10. The van der Waals surface area contributed by atoms with Crippen LogP contribution in [0.25, 0.3) is 10.2 Å². The van der Waals surface area contributed by atoms with E-state index >= 15 is 0 Å². The number of hydrogen-bond acceptors (Lipinski definition) is 7. The second kappa shape index (κ2) is 9.95. The third-order valence-corrected chi connectivity index (χ3v) is 6.69. The van der Waals surface area contributed by atoms with Crippen molar-refractivity contribution in [1.29, 1.82) is 0 Å². The van der Waals surface area contributed by atoms with Crippen LogP contribution >= 0.6 is 11.3 Å². The lowest BCUT2D eigenvalue weighted by molar-refractivity contribution is -0.148. The van der Waals surface area contributed by atoms with Gasteiger partial charge in [-0.25, -0.2) is 4.98 Å². The number of nitrogens with zero attached hydrogens (tertiary/aromatic N) is 2. The number of carbonyl (C=O) groups excluding carboxylic acids is 2. The van der Waals surface area contributed by atoms with Crippen LogP contribution in [0.2, 0.25) is 0 Å². The van der Waals surface area contributed by atoms with E-state index in [4.69, 9.17) is 9.47 Å². The van der Waals surface area contributed by atoms with Gasteiger partial charge in [-0.3, -0.25) is 19.0 Å². The highest BCUT2D eigenvalue weighted by atomic mass is 32.1. The van der Waals surface area contributed by atoms with E-state index in [2.05, 4.69) is 10.3 Å². The van der Waals surface area contributed by atoms with Crippen LogP contribution in [0.15, 0.2) is 35.4 Å². The maximum Gasteiger partial charge on any atom is 0.308 e. The molecule has 0 atom stereocenters. The molecule has 0 bridgehead atoms. The maximum atomic E-state index is 12.9. The van der Waals surface area contributed by atoms with E-state index in [0.29, 0.717) is 17.7 Å². The van der Waals surface area contributed by atoms with Crippen LogP contribution in [0.4, 0.5) is 0 Å². The molecule has 1 amide bonds. The molecule has 2 aromatic heterocycles. The van der Waals surface area contributed by atoms with Crippen LogP contribution in [0, 0.1) is 0 Å². The summed E-state index contributed by atoms with van der Waals surface area (Å²) in [5, 5.41) is 3.39. The van der Waals surface area contributed by atoms with Gasteiger partial charge in [-0.1, -0.05) is 12.1 Å². The predicted molar refractivity (Wildman–Crippen MR) is 121 cm³/mol. The van der Waals surface area contributed by atoms with E-state index in [1.54, 1.807) is 18.4 Å². The van der Waals surface area contributed by atoms with Crippen molar-refractivity contribution in [1.82, 2.24) is 14.9 Å². The summed E-state index contributed by atoms with van der Waals surface area (Å²) in [5.41, 5.74) is 1.89. The molecule has 168 valence electrons. The van der Waals surface area contributed by atoms with Gasteiger partial charge < -0.3 is 14.8 Å². The van der Waals surface area contributed by atoms with Crippen LogP contribution in [0.3, 0.4) is 0 Å². The molecule has 3 aromatic rings. The molecule has 0 unspecified atom stereocenters. The van der Waals surface area contributed by atoms with Crippen LogP contribution in [0.1, 0.15) is 35.3 Å². The Morgan fingerprint density at radius 1 is 1.25 bits per heavy atom. The maximum absolute atomic E-state index is 12.9. The molecular formula is C23H25N3O5S. The van der Waals surface area contributed by atoms with E-state index < -0.39 is 11.9 Å². The molecule has 0 aliphatic heterocycles. The molecule has 0 fully saturated rings. The highest BCUT2D eigenvalue weighted by Crippen LogP contribution is 2.33. The minimum atomic E-state index is -0.541. The molecule has 8 nitrogen and oxygen atoms in total. The van der Waals surface area contributed by atoms with Crippen molar-refractivity contribution >= 4 is 33.4 Å². The minimum absolute atomic E-state index is 0.0113. The van der Waals surface area contributed by atoms with E-state index in [0.717, 1.165) is 41.6 Å². The topological polar surface area (TPSA) is 99.5 Å². The van der Waals surface area contributed by atoms with Crippen LogP contribution in [-0.4, -0.2) is 35.1 Å². The number of carbonyl (C=O) groups is 2. The van der Waals surface area contributed by atoms with Gasteiger partial charge in [-0.05, 0) is 48.9 Å². The fourth-order valence-corrected chi connectivity index (χ4v) is 5.02. The first-order valence-electron chi connectivity index (χ1n) is 10.6. The van der Waals surface area contributed by atoms with Gasteiger partial charge in [0.25, 0.3) is 11.5 Å². The van der Waals surface area contributed by atoms with E-state index in [1.807, 2.05) is 24.3 Å². The highest BCUT2D eigenvalue weighted by Gasteiger charge is 2.20. The molecule has 0 radical (unpaired) electrons. The Kier molecular flexibility index (Phi) is 6.84. The van der Waals surface area contributed by atoms with E-state index in [1.165, 1.54) is 15.8 Å². The Labute approximate surface area is 189 Å². The zero-order chi connectivity index (χ0) is 22.5. The number of rotatable bonds is 8. The highest BCUT2D eigenvalue weighted by molar-refractivity contribution is 7.18. The quantitative estimate of drug-likeness (QED) is 0.524. The number of thiophene rings is 1. The fraction of sp³-hybridized carbons (Fsp3) is 0.391. The third-order valence-electron chi connectivity index (χ3n) is 5.49. The number of amides is 1. The van der Waals surface area contributed by atoms with Crippen molar-refractivity contribution in [3.8, 4) is 5.75 Å². The number of esters is 1. The van der Waals surface area contributed by atoms with Gasteiger partial charge in [-0.15, -0.1) is 11.3 Å². The van der Waals surface area contributed by atoms with E-state index in [-0.39, 0.29) is 25.1 Å². The number of benzene rings is 1. The predicted octanol–water partition coefficient (Wildman–Crippen LogP) is 2.60. The summed E-state index contributed by atoms with van der Waals surface area (Å²) < 4.78 is 11.7. The van der Waals surface area contributed by atoms with Crippen LogP contribution in [-0.2, 0) is 40.3 Å². The molecular weight excluding hydrogens is 430 g/mol. The molecule has 1 aliphatic carbocycles. The van der Waals surface area contributed by atoms with Gasteiger partial charge >= 0.3 is 5.97 Å². The number of aryl methyl sites for hydroxylation is 3. The number of hydrogen-bond donors (Lipinski definition) is 1. The SMILES string of the molecule is COc1cccc(CNC(=O)COC(=O)CCn2cnc3sc4c(c3c2=O)CCCC4)c1. The smallest absolute Gasteiger partial charge is 0.308 e. The zero-order valence-electron chi connectivity index (χ0n) is 17.9. The molecule has 0 saturated heterocycles. The molecule has 4 rings (SSSR count). The summed E-state index contributed by atoms with van der Waals surface area (Å²) in [6, 6.07) is 7.33. The second-order valence-corrected chi connectivity index (χ2v) is 8.76. The van der Waals surface area contributed by atoms with Crippen molar-refractivity contribution in [3.63, 3.8) is 0 Å². The fourth-order valence-electron chi connectivity index (χ4n) is 3.80. The molecule has 1 aliphatic rings. The van der Waals surface area contributed by atoms with Crippen molar-refractivity contribution < 1.29 is 19.1 Å². The first-order valence-corrected chi connectivity index (χ1v) is 11.4. The number of fused-ring (bicyclic) bond motifs is 3. The Morgan fingerprint density at radius 2 is 2.09 bits per heavy atom. The standard InChI is InChI=1S/C23H25N3O5S/c1-30-16-6-4-5-15(11-16)12-24-19(27)13-31-20(28)9-10-26-14-25-22-21(23(26)29)17-7-2-3-8-18(17)32-22/h4-6,11,14H,2-3,7-10,12-13H2,1H3,(H,24,27). The number of ether oxygens (including phenoxy) is 2. The summed E-state index contributed by atoms with van der Waals surface area (Å²) in [4.78, 5) is 43.4. The number of methoxy groups -OCH3 is 1. The third kappa shape index (κ3) is 4.99. The van der Waals surface area contributed by atoms with Gasteiger partial charge in [0.1, 0.15) is 10.6 Å². The normalized spacial score (nSPS) is 12.9. The summed E-state index contributed by atoms with van der Waals surface area (Å²) in [5.74, 6) is -0.235. The largest absolute Gasteiger partial charge is 0.497 e. The molecule has 9 heteroatoms. The van der Waals surface area contributed by atoms with Crippen LogP contribution in [0.5, 0.6) is 5.75 Å². The van der Waals surface area contributed by atoms with Gasteiger partial charge in [0.15, 0.2) is 6.61 Å². The minimum Gasteiger partial charge on any atom is -0.497 e. The Hall–Kier alpha value is -3.20. The lowest BCUT2D eigenvalue weighted by atomic mass is 9.97. The van der Waals surface area contributed by atoms with Gasteiger partial charge in [0.2, 0.25) is 0 Å². The van der Waals surface area contributed by atoms with Gasteiger partial charge in [0.05, 0.1) is 25.2 Å². The summed E-state index contributed by atoms with van der Waals surface area (Å²) in [6.45, 7) is 0.100. The lowest BCUT2D eigenvalue weighted by Crippen LogP contribution is -2.29.